The molecule has 192 valence electrons. The minimum Gasteiger partial charge on any atom is -0.497 e. The van der Waals surface area contributed by atoms with E-state index in [2.05, 4.69) is 53.2 Å². The molecular formula is C31H40N2O3. The SMILES string of the molecule is COc1ccc2nccc(CCCC3CCN(CCCc4cccc(C)c4)CC3CCC(=O)O)c2c1. The Morgan fingerprint density at radius 1 is 1.08 bits per heavy atom. The average molecular weight is 489 g/mol. The van der Waals surface area contributed by atoms with Gasteiger partial charge in [0.25, 0.3) is 0 Å². The number of pyridine rings is 1. The number of nitrogens with zero attached hydrogens (tertiary/aromatic N) is 2. The van der Waals surface area contributed by atoms with E-state index in [4.69, 9.17) is 4.74 Å². The van der Waals surface area contributed by atoms with E-state index in [1.807, 2.05) is 18.3 Å². The molecule has 0 bridgehead atoms. The molecule has 2 atom stereocenters. The minimum atomic E-state index is -0.678. The summed E-state index contributed by atoms with van der Waals surface area (Å²) in [6, 6.07) is 17.0. The van der Waals surface area contributed by atoms with E-state index in [0.717, 1.165) is 69.4 Å². The van der Waals surface area contributed by atoms with Crippen LogP contribution in [0.1, 0.15) is 55.2 Å². The number of benzene rings is 2. The molecule has 1 N–H and O–H groups in total. The lowest BCUT2D eigenvalue weighted by atomic mass is 9.79. The van der Waals surface area contributed by atoms with Gasteiger partial charge in [-0.15, -0.1) is 0 Å². The molecule has 0 spiro atoms. The fourth-order valence-corrected chi connectivity index (χ4v) is 5.83. The Kier molecular flexibility index (Phi) is 9.35. The molecule has 2 unspecified atom stereocenters. The molecule has 1 aromatic heterocycles. The number of likely N-dealkylation sites (tertiary alicyclic amines) is 1. The first-order valence-electron chi connectivity index (χ1n) is 13.4. The third-order valence-corrected chi connectivity index (χ3v) is 7.79. The van der Waals surface area contributed by atoms with Crippen molar-refractivity contribution in [1.82, 2.24) is 9.88 Å². The Bertz CT molecular complexity index is 1150. The van der Waals surface area contributed by atoms with Crippen LogP contribution in [-0.2, 0) is 17.6 Å². The molecule has 0 saturated carbocycles. The molecule has 0 amide bonds. The van der Waals surface area contributed by atoms with Gasteiger partial charge in [0.2, 0.25) is 0 Å². The van der Waals surface area contributed by atoms with Crippen LogP contribution in [0.15, 0.2) is 54.7 Å². The highest BCUT2D eigenvalue weighted by molar-refractivity contribution is 5.83. The highest BCUT2D eigenvalue weighted by atomic mass is 16.5. The number of piperidine rings is 1. The topological polar surface area (TPSA) is 62.7 Å². The number of carboxylic acids is 1. The minimum absolute atomic E-state index is 0.271. The van der Waals surface area contributed by atoms with E-state index < -0.39 is 5.97 Å². The number of methoxy groups -OCH3 is 1. The van der Waals surface area contributed by atoms with E-state index in [1.165, 1.54) is 28.5 Å². The van der Waals surface area contributed by atoms with Crippen molar-refractivity contribution in [3.63, 3.8) is 0 Å². The monoisotopic (exact) mass is 488 g/mol. The van der Waals surface area contributed by atoms with Crippen molar-refractivity contribution in [1.29, 1.82) is 0 Å². The average Bonchev–Trinajstić information content (AvgIpc) is 2.88. The maximum absolute atomic E-state index is 11.3. The molecule has 1 saturated heterocycles. The molecule has 4 rings (SSSR count). The number of carboxylic acid groups (broad SMARTS) is 1. The van der Waals surface area contributed by atoms with Gasteiger partial charge in [-0.2, -0.15) is 0 Å². The van der Waals surface area contributed by atoms with Crippen LogP contribution in [0.4, 0.5) is 0 Å². The first kappa shape index (κ1) is 26.2. The lowest BCUT2D eigenvalue weighted by molar-refractivity contribution is -0.137. The van der Waals surface area contributed by atoms with Crippen LogP contribution in [0, 0.1) is 18.8 Å². The normalized spacial score (nSPS) is 18.4. The Balaban J connectivity index is 1.31. The quantitative estimate of drug-likeness (QED) is 0.324. The predicted octanol–water partition coefficient (Wildman–Crippen LogP) is 6.31. The maximum atomic E-state index is 11.3. The summed E-state index contributed by atoms with van der Waals surface area (Å²) in [5, 5.41) is 10.5. The Hall–Kier alpha value is -2.92. The molecule has 5 nitrogen and oxygen atoms in total. The zero-order chi connectivity index (χ0) is 25.3. The standard InChI is InChI=1S/C31H40N2O3/c1-23-6-3-7-24(20-23)8-5-18-33-19-16-25(27(22-33)11-14-31(34)35)9-4-10-26-15-17-32-30-13-12-28(36-2)21-29(26)30/h3,6-7,12-13,15,17,20-21,25,27H,4-5,8-11,14,16,18-19,22H2,1-2H3,(H,34,35). The van der Waals surface area contributed by atoms with E-state index in [9.17, 15) is 9.90 Å². The summed E-state index contributed by atoms with van der Waals surface area (Å²) < 4.78 is 5.43. The lowest BCUT2D eigenvalue weighted by Gasteiger charge is -2.39. The van der Waals surface area contributed by atoms with Gasteiger partial charge in [-0.25, -0.2) is 0 Å². The second-order valence-corrected chi connectivity index (χ2v) is 10.4. The highest BCUT2D eigenvalue weighted by Gasteiger charge is 2.29. The molecule has 0 radical (unpaired) electrons. The summed E-state index contributed by atoms with van der Waals surface area (Å²) in [6.07, 6.45) is 9.64. The van der Waals surface area contributed by atoms with Gasteiger partial charge in [0.15, 0.2) is 0 Å². The molecule has 1 aliphatic rings. The first-order valence-corrected chi connectivity index (χ1v) is 13.4. The van der Waals surface area contributed by atoms with Gasteiger partial charge in [-0.1, -0.05) is 29.8 Å². The van der Waals surface area contributed by atoms with Gasteiger partial charge in [0, 0.05) is 24.5 Å². The summed E-state index contributed by atoms with van der Waals surface area (Å²) in [4.78, 5) is 18.4. The number of hydrogen-bond donors (Lipinski definition) is 1. The van der Waals surface area contributed by atoms with Crippen LogP contribution in [0.2, 0.25) is 0 Å². The molecule has 1 aliphatic heterocycles. The Morgan fingerprint density at radius 3 is 2.78 bits per heavy atom. The molecular weight excluding hydrogens is 448 g/mol. The Labute approximate surface area is 215 Å². The Morgan fingerprint density at radius 2 is 1.97 bits per heavy atom. The number of hydrogen-bond acceptors (Lipinski definition) is 4. The van der Waals surface area contributed by atoms with Crippen molar-refractivity contribution < 1.29 is 14.6 Å². The number of aromatic nitrogens is 1. The fraction of sp³-hybridized carbons (Fsp3) is 0.484. The van der Waals surface area contributed by atoms with Crippen LogP contribution in [0.3, 0.4) is 0 Å². The smallest absolute Gasteiger partial charge is 0.303 e. The molecule has 2 heterocycles. The summed E-state index contributed by atoms with van der Waals surface area (Å²) in [5.74, 6) is 1.24. The largest absolute Gasteiger partial charge is 0.497 e. The fourth-order valence-electron chi connectivity index (χ4n) is 5.83. The van der Waals surface area contributed by atoms with Gasteiger partial charge in [-0.3, -0.25) is 9.78 Å². The summed E-state index contributed by atoms with van der Waals surface area (Å²) in [7, 11) is 1.70. The third-order valence-electron chi connectivity index (χ3n) is 7.79. The lowest BCUT2D eigenvalue weighted by Crippen LogP contribution is -2.41. The second kappa shape index (κ2) is 12.9. The molecule has 0 aliphatic carbocycles. The number of aliphatic carboxylic acids is 1. The van der Waals surface area contributed by atoms with Gasteiger partial charge in [-0.05, 0) is 112 Å². The van der Waals surface area contributed by atoms with Gasteiger partial charge in [0.05, 0.1) is 12.6 Å². The molecule has 3 aromatic rings. The number of rotatable bonds is 12. The van der Waals surface area contributed by atoms with Crippen molar-refractivity contribution in [2.75, 3.05) is 26.7 Å². The molecule has 1 fully saturated rings. The van der Waals surface area contributed by atoms with Crippen LogP contribution < -0.4 is 4.74 Å². The predicted molar refractivity (Wildman–Crippen MR) is 146 cm³/mol. The first-order chi connectivity index (χ1) is 17.5. The second-order valence-electron chi connectivity index (χ2n) is 10.4. The number of aryl methyl sites for hydroxylation is 3. The number of carbonyl (C=O) groups is 1. The van der Waals surface area contributed by atoms with Gasteiger partial charge in [0.1, 0.15) is 5.75 Å². The van der Waals surface area contributed by atoms with E-state index in [-0.39, 0.29) is 6.42 Å². The third kappa shape index (κ3) is 7.30. The van der Waals surface area contributed by atoms with Gasteiger partial charge < -0.3 is 14.7 Å². The van der Waals surface area contributed by atoms with Crippen LogP contribution in [0.25, 0.3) is 10.9 Å². The van der Waals surface area contributed by atoms with Crippen molar-refractivity contribution >= 4 is 16.9 Å². The van der Waals surface area contributed by atoms with E-state index in [1.54, 1.807) is 7.11 Å². The van der Waals surface area contributed by atoms with Crippen LogP contribution >= 0.6 is 0 Å². The highest BCUT2D eigenvalue weighted by Crippen LogP contribution is 2.32. The molecule has 5 heteroatoms. The summed E-state index contributed by atoms with van der Waals surface area (Å²) in [5.41, 5.74) is 5.05. The maximum Gasteiger partial charge on any atom is 0.303 e. The van der Waals surface area contributed by atoms with Crippen molar-refractivity contribution in [2.24, 2.45) is 11.8 Å². The van der Waals surface area contributed by atoms with Crippen molar-refractivity contribution in [2.45, 2.75) is 58.3 Å². The number of fused-ring (bicyclic) bond motifs is 1. The van der Waals surface area contributed by atoms with E-state index in [0.29, 0.717) is 11.8 Å². The zero-order valence-corrected chi connectivity index (χ0v) is 21.8. The summed E-state index contributed by atoms with van der Waals surface area (Å²) in [6.45, 7) is 5.39. The van der Waals surface area contributed by atoms with E-state index >= 15 is 0 Å². The van der Waals surface area contributed by atoms with Gasteiger partial charge >= 0.3 is 5.97 Å². The van der Waals surface area contributed by atoms with Crippen molar-refractivity contribution in [3.8, 4) is 5.75 Å². The van der Waals surface area contributed by atoms with Crippen molar-refractivity contribution in [3.05, 3.63) is 71.4 Å². The molecule has 36 heavy (non-hydrogen) atoms. The zero-order valence-electron chi connectivity index (χ0n) is 21.8. The van der Waals surface area contributed by atoms with Crippen LogP contribution in [0.5, 0.6) is 5.75 Å². The summed E-state index contributed by atoms with van der Waals surface area (Å²) >= 11 is 0. The number of ether oxygens (including phenoxy) is 1. The molecule has 2 aromatic carbocycles. The van der Waals surface area contributed by atoms with Crippen LogP contribution in [-0.4, -0.2) is 47.7 Å².